The summed E-state index contributed by atoms with van der Waals surface area (Å²) in [7, 11) is 0. The van der Waals surface area contributed by atoms with Crippen molar-refractivity contribution >= 4 is 0 Å². The molecule has 152 valence electrons. The fourth-order valence-corrected chi connectivity index (χ4v) is 4.23. The monoisotopic (exact) mass is 395 g/mol. The molecule has 0 aromatic heterocycles. The SMILES string of the molecule is Cc1ccc([C@H]2C[C@](O)(C#Cc3ccccc3)[C@H](C)[C@H](c3ccc(C)cc3)N2)cc1. The molecule has 2 N–H and O–H groups in total. The fraction of sp³-hybridized carbons (Fsp3) is 0.286. The van der Waals surface area contributed by atoms with E-state index in [0.29, 0.717) is 6.42 Å². The average Bonchev–Trinajstić information content (AvgIpc) is 2.76. The highest BCUT2D eigenvalue weighted by Crippen LogP contribution is 2.43. The lowest BCUT2D eigenvalue weighted by atomic mass is 9.72. The lowest BCUT2D eigenvalue weighted by molar-refractivity contribution is -0.0196. The van der Waals surface area contributed by atoms with E-state index in [1.54, 1.807) is 0 Å². The van der Waals surface area contributed by atoms with E-state index < -0.39 is 5.60 Å². The van der Waals surface area contributed by atoms with Crippen LogP contribution >= 0.6 is 0 Å². The first kappa shape index (κ1) is 20.4. The Labute approximate surface area is 180 Å². The Morgan fingerprint density at radius 3 is 2.00 bits per heavy atom. The maximum absolute atomic E-state index is 11.8. The van der Waals surface area contributed by atoms with Crippen molar-refractivity contribution in [3.05, 3.63) is 107 Å². The minimum Gasteiger partial charge on any atom is -0.377 e. The third-order valence-corrected chi connectivity index (χ3v) is 6.26. The molecule has 2 heteroatoms. The zero-order valence-corrected chi connectivity index (χ0v) is 17.9. The molecule has 0 unspecified atom stereocenters. The zero-order chi connectivity index (χ0) is 21.1. The second-order valence-electron chi connectivity index (χ2n) is 8.55. The summed E-state index contributed by atoms with van der Waals surface area (Å²) >= 11 is 0. The molecule has 0 radical (unpaired) electrons. The Balaban J connectivity index is 1.73. The first-order chi connectivity index (χ1) is 14.4. The highest BCUT2D eigenvalue weighted by atomic mass is 16.3. The maximum atomic E-state index is 11.8. The van der Waals surface area contributed by atoms with Crippen molar-refractivity contribution < 1.29 is 5.11 Å². The molecule has 1 aliphatic heterocycles. The van der Waals surface area contributed by atoms with E-state index in [9.17, 15) is 5.11 Å². The van der Waals surface area contributed by atoms with Crippen LogP contribution in [0.3, 0.4) is 0 Å². The summed E-state index contributed by atoms with van der Waals surface area (Å²) in [5.41, 5.74) is 4.67. The van der Waals surface area contributed by atoms with E-state index in [1.807, 2.05) is 30.3 Å². The summed E-state index contributed by atoms with van der Waals surface area (Å²) in [6.07, 6.45) is 0.555. The molecule has 1 aliphatic rings. The van der Waals surface area contributed by atoms with Gasteiger partial charge in [-0.2, -0.15) is 0 Å². The van der Waals surface area contributed by atoms with Crippen LogP contribution in [-0.4, -0.2) is 10.7 Å². The minimum absolute atomic E-state index is 0.0146. The van der Waals surface area contributed by atoms with Gasteiger partial charge in [-0.1, -0.05) is 96.6 Å². The van der Waals surface area contributed by atoms with Crippen LogP contribution in [0, 0.1) is 31.6 Å². The summed E-state index contributed by atoms with van der Waals surface area (Å²) in [5, 5.41) is 15.6. The van der Waals surface area contributed by atoms with E-state index in [0.717, 1.165) is 5.56 Å². The third kappa shape index (κ3) is 4.33. The number of hydrogen-bond acceptors (Lipinski definition) is 2. The van der Waals surface area contributed by atoms with Crippen LogP contribution in [0.1, 0.15) is 53.2 Å². The molecular formula is C28H29NO. The molecule has 4 atom stereocenters. The molecule has 4 rings (SSSR count). The lowest BCUT2D eigenvalue weighted by Crippen LogP contribution is -2.51. The molecule has 0 spiro atoms. The second-order valence-corrected chi connectivity index (χ2v) is 8.55. The standard InChI is InChI=1S/C28H29NO/c1-20-9-13-24(14-10-20)26-19-28(30,18-17-23-7-5-4-6-8-23)22(3)27(29-26)25-15-11-21(2)12-16-25/h4-16,22,26-27,29-30H,19H2,1-3H3/t22-,26-,27-,28-/m1/s1. The molecule has 3 aromatic rings. The highest BCUT2D eigenvalue weighted by Gasteiger charge is 2.45. The van der Waals surface area contributed by atoms with Crippen molar-refractivity contribution in [2.45, 2.75) is 44.9 Å². The smallest absolute Gasteiger partial charge is 0.132 e. The molecule has 30 heavy (non-hydrogen) atoms. The van der Waals surface area contributed by atoms with Crippen molar-refractivity contribution in [2.24, 2.45) is 5.92 Å². The van der Waals surface area contributed by atoms with E-state index in [-0.39, 0.29) is 18.0 Å². The largest absolute Gasteiger partial charge is 0.377 e. The summed E-state index contributed by atoms with van der Waals surface area (Å²) in [4.78, 5) is 0. The van der Waals surface area contributed by atoms with E-state index in [2.05, 4.69) is 86.5 Å². The van der Waals surface area contributed by atoms with Crippen molar-refractivity contribution in [3.63, 3.8) is 0 Å². The van der Waals surface area contributed by atoms with Gasteiger partial charge in [0.05, 0.1) is 0 Å². The number of aliphatic hydroxyl groups is 1. The van der Waals surface area contributed by atoms with Crippen LogP contribution in [0.25, 0.3) is 0 Å². The Hall–Kier alpha value is -2.86. The summed E-state index contributed by atoms with van der Waals surface area (Å²) in [6, 6.07) is 27.1. The van der Waals surface area contributed by atoms with Crippen molar-refractivity contribution in [2.75, 3.05) is 0 Å². The first-order valence-corrected chi connectivity index (χ1v) is 10.6. The van der Waals surface area contributed by atoms with Crippen molar-refractivity contribution in [3.8, 4) is 11.8 Å². The van der Waals surface area contributed by atoms with Gasteiger partial charge in [0.15, 0.2) is 0 Å². The topological polar surface area (TPSA) is 32.3 Å². The van der Waals surface area contributed by atoms with Crippen LogP contribution < -0.4 is 5.32 Å². The number of benzene rings is 3. The Morgan fingerprint density at radius 1 is 0.833 bits per heavy atom. The fourth-order valence-electron chi connectivity index (χ4n) is 4.23. The predicted molar refractivity (Wildman–Crippen MR) is 123 cm³/mol. The number of aryl methyl sites for hydroxylation is 2. The highest BCUT2D eigenvalue weighted by molar-refractivity contribution is 5.39. The molecule has 3 aromatic carbocycles. The van der Waals surface area contributed by atoms with Gasteiger partial charge in [-0.3, -0.25) is 0 Å². The van der Waals surface area contributed by atoms with Crippen molar-refractivity contribution in [1.82, 2.24) is 5.32 Å². The number of hydrogen-bond donors (Lipinski definition) is 2. The van der Waals surface area contributed by atoms with Gasteiger partial charge in [0.25, 0.3) is 0 Å². The van der Waals surface area contributed by atoms with E-state index >= 15 is 0 Å². The van der Waals surface area contributed by atoms with Gasteiger partial charge >= 0.3 is 0 Å². The number of rotatable bonds is 2. The molecule has 2 nitrogen and oxygen atoms in total. The second kappa shape index (κ2) is 8.48. The van der Waals surface area contributed by atoms with Crippen LogP contribution in [0.5, 0.6) is 0 Å². The maximum Gasteiger partial charge on any atom is 0.132 e. The molecule has 1 fully saturated rings. The quantitative estimate of drug-likeness (QED) is 0.562. The van der Waals surface area contributed by atoms with Gasteiger partial charge in [-0.15, -0.1) is 0 Å². The first-order valence-electron chi connectivity index (χ1n) is 10.6. The number of piperidine rings is 1. The summed E-state index contributed by atoms with van der Waals surface area (Å²) in [5.74, 6) is 6.41. The van der Waals surface area contributed by atoms with Gasteiger partial charge in [0.1, 0.15) is 5.60 Å². The summed E-state index contributed by atoms with van der Waals surface area (Å²) < 4.78 is 0. The molecular weight excluding hydrogens is 366 g/mol. The Bertz CT molecular complexity index is 1040. The Morgan fingerprint density at radius 2 is 1.40 bits per heavy atom. The normalized spacial score (nSPS) is 25.9. The van der Waals surface area contributed by atoms with Crippen LogP contribution in [0.4, 0.5) is 0 Å². The molecule has 0 aliphatic carbocycles. The predicted octanol–water partition coefficient (Wildman–Crippen LogP) is 5.50. The zero-order valence-electron chi connectivity index (χ0n) is 17.9. The van der Waals surface area contributed by atoms with E-state index in [1.165, 1.54) is 22.3 Å². The van der Waals surface area contributed by atoms with Crippen LogP contribution in [0.15, 0.2) is 78.9 Å². The summed E-state index contributed by atoms with van der Waals surface area (Å²) in [6.45, 7) is 6.29. The molecule has 0 bridgehead atoms. The molecule has 1 saturated heterocycles. The van der Waals surface area contributed by atoms with Gasteiger partial charge in [0.2, 0.25) is 0 Å². The minimum atomic E-state index is -1.09. The van der Waals surface area contributed by atoms with Crippen LogP contribution in [-0.2, 0) is 0 Å². The molecule has 0 amide bonds. The van der Waals surface area contributed by atoms with Crippen molar-refractivity contribution in [1.29, 1.82) is 0 Å². The third-order valence-electron chi connectivity index (χ3n) is 6.26. The molecule has 1 heterocycles. The van der Waals surface area contributed by atoms with Gasteiger partial charge in [0, 0.05) is 30.0 Å². The Kier molecular flexibility index (Phi) is 5.77. The van der Waals surface area contributed by atoms with Crippen LogP contribution in [0.2, 0.25) is 0 Å². The lowest BCUT2D eigenvalue weighted by Gasteiger charge is -2.45. The average molecular weight is 396 g/mol. The van der Waals surface area contributed by atoms with E-state index in [4.69, 9.17) is 0 Å². The van der Waals surface area contributed by atoms with Gasteiger partial charge in [-0.05, 0) is 37.1 Å². The number of nitrogens with one attached hydrogen (secondary N) is 1. The van der Waals surface area contributed by atoms with Gasteiger partial charge < -0.3 is 10.4 Å². The molecule has 0 saturated carbocycles. The van der Waals surface area contributed by atoms with Gasteiger partial charge in [-0.25, -0.2) is 0 Å².